The molecule has 1 fully saturated rings. The molecule has 0 aromatic heterocycles. The number of ether oxygens (including phenoxy) is 1. The fourth-order valence-electron chi connectivity index (χ4n) is 2.85. The molecule has 0 radical (unpaired) electrons. The van der Waals surface area contributed by atoms with Gasteiger partial charge in [0.25, 0.3) is 0 Å². The molecular weight excluding hydrogens is 323 g/mol. The predicted molar refractivity (Wildman–Crippen MR) is 93.5 cm³/mol. The third-order valence-corrected chi connectivity index (χ3v) is 4.38. The number of halogens is 1. The number of hydrogen-bond acceptors (Lipinski definition) is 4. The van der Waals surface area contributed by atoms with Crippen molar-refractivity contribution in [1.82, 2.24) is 10.6 Å². The van der Waals surface area contributed by atoms with Crippen molar-refractivity contribution < 1.29 is 14.2 Å². The second kappa shape index (κ2) is 9.35. The van der Waals surface area contributed by atoms with Gasteiger partial charge in [0.05, 0.1) is 24.8 Å². The van der Waals surface area contributed by atoms with E-state index in [0.29, 0.717) is 49.8 Å². The third-order valence-electron chi connectivity index (χ3n) is 4.38. The average Bonchev–Trinajstić information content (AvgIpc) is 3.08. The van der Waals surface area contributed by atoms with Gasteiger partial charge in [-0.25, -0.2) is 9.38 Å². The number of hydrogen-bond donors (Lipinski definition) is 3. The molecule has 1 aliphatic rings. The smallest absolute Gasteiger partial charge is 0.191 e. The molecule has 1 unspecified atom stereocenters. The highest BCUT2D eigenvalue weighted by molar-refractivity contribution is 5.79. The largest absolute Gasteiger partial charge is 0.396 e. The van der Waals surface area contributed by atoms with Gasteiger partial charge in [-0.2, -0.15) is 5.26 Å². The SMILES string of the molecule is CCNC(=NCc1cc(C#N)ccc1F)NCC1(CCO)CCOC1. The molecule has 0 saturated carbocycles. The van der Waals surface area contributed by atoms with Gasteiger partial charge in [-0.3, -0.25) is 0 Å². The minimum Gasteiger partial charge on any atom is -0.396 e. The number of guanidine groups is 1. The Hall–Kier alpha value is -2.17. The fourth-order valence-corrected chi connectivity index (χ4v) is 2.85. The highest BCUT2D eigenvalue weighted by Gasteiger charge is 2.34. The lowest BCUT2D eigenvalue weighted by atomic mass is 9.84. The van der Waals surface area contributed by atoms with Crippen LogP contribution in [0.3, 0.4) is 0 Å². The number of aliphatic hydroxyl groups is 1. The molecule has 2 rings (SSSR count). The first-order chi connectivity index (χ1) is 12.1. The Morgan fingerprint density at radius 1 is 1.48 bits per heavy atom. The topological polar surface area (TPSA) is 89.7 Å². The minimum absolute atomic E-state index is 0.100. The van der Waals surface area contributed by atoms with Crippen LogP contribution in [0.5, 0.6) is 0 Å². The molecule has 0 bridgehead atoms. The molecule has 1 atom stereocenters. The monoisotopic (exact) mass is 348 g/mol. The molecule has 6 nitrogen and oxygen atoms in total. The number of benzene rings is 1. The Kier molecular flexibility index (Phi) is 7.16. The van der Waals surface area contributed by atoms with Gasteiger partial charge in [-0.1, -0.05) is 0 Å². The van der Waals surface area contributed by atoms with Crippen molar-refractivity contribution in [3.8, 4) is 6.07 Å². The van der Waals surface area contributed by atoms with Gasteiger partial charge in [0.1, 0.15) is 5.82 Å². The van der Waals surface area contributed by atoms with Crippen molar-refractivity contribution in [2.75, 3.05) is 32.9 Å². The average molecular weight is 348 g/mol. The van der Waals surface area contributed by atoms with Crippen LogP contribution < -0.4 is 10.6 Å². The highest BCUT2D eigenvalue weighted by Crippen LogP contribution is 2.31. The van der Waals surface area contributed by atoms with Crippen molar-refractivity contribution >= 4 is 5.96 Å². The zero-order valence-electron chi connectivity index (χ0n) is 14.5. The first kappa shape index (κ1) is 19.2. The first-order valence-electron chi connectivity index (χ1n) is 8.52. The number of nitriles is 1. The number of nitrogens with one attached hydrogen (secondary N) is 2. The van der Waals surface area contributed by atoms with Gasteiger partial charge in [0.2, 0.25) is 0 Å². The molecular formula is C18H25FN4O2. The maximum absolute atomic E-state index is 13.9. The van der Waals surface area contributed by atoms with Crippen LogP contribution in [0.1, 0.15) is 30.9 Å². The Morgan fingerprint density at radius 2 is 2.32 bits per heavy atom. The van der Waals surface area contributed by atoms with E-state index in [2.05, 4.69) is 15.6 Å². The quantitative estimate of drug-likeness (QED) is 0.514. The molecule has 1 heterocycles. The van der Waals surface area contributed by atoms with Crippen LogP contribution in [-0.2, 0) is 11.3 Å². The molecule has 7 heteroatoms. The first-order valence-corrected chi connectivity index (χ1v) is 8.52. The molecule has 3 N–H and O–H groups in total. The summed E-state index contributed by atoms with van der Waals surface area (Å²) >= 11 is 0. The Morgan fingerprint density at radius 3 is 2.96 bits per heavy atom. The van der Waals surface area contributed by atoms with E-state index in [-0.39, 0.29) is 24.4 Å². The van der Waals surface area contributed by atoms with Crippen molar-refractivity contribution in [3.63, 3.8) is 0 Å². The van der Waals surface area contributed by atoms with E-state index < -0.39 is 0 Å². The molecule has 1 saturated heterocycles. The Bertz CT molecular complexity index is 636. The second-order valence-corrected chi connectivity index (χ2v) is 6.24. The zero-order valence-corrected chi connectivity index (χ0v) is 14.5. The van der Waals surface area contributed by atoms with E-state index in [1.165, 1.54) is 18.2 Å². The maximum atomic E-state index is 13.9. The van der Waals surface area contributed by atoms with Crippen LogP contribution in [0.2, 0.25) is 0 Å². The van der Waals surface area contributed by atoms with Crippen molar-refractivity contribution in [2.45, 2.75) is 26.3 Å². The summed E-state index contributed by atoms with van der Waals surface area (Å²) in [5.74, 6) is 0.202. The van der Waals surface area contributed by atoms with Crippen molar-refractivity contribution in [1.29, 1.82) is 5.26 Å². The van der Waals surface area contributed by atoms with Gasteiger partial charge >= 0.3 is 0 Å². The van der Waals surface area contributed by atoms with E-state index in [1.54, 1.807) is 0 Å². The van der Waals surface area contributed by atoms with E-state index in [9.17, 15) is 9.50 Å². The molecule has 0 aliphatic carbocycles. The number of rotatable bonds is 7. The van der Waals surface area contributed by atoms with Crippen LogP contribution in [0, 0.1) is 22.6 Å². The van der Waals surface area contributed by atoms with Crippen molar-refractivity contribution in [3.05, 3.63) is 35.1 Å². The van der Waals surface area contributed by atoms with Crippen LogP contribution in [0.15, 0.2) is 23.2 Å². The lowest BCUT2D eigenvalue weighted by Gasteiger charge is -2.27. The van der Waals surface area contributed by atoms with Gasteiger partial charge in [-0.15, -0.1) is 0 Å². The van der Waals surface area contributed by atoms with E-state index in [0.717, 1.165) is 6.42 Å². The molecule has 1 aromatic carbocycles. The summed E-state index contributed by atoms with van der Waals surface area (Å²) in [6, 6.07) is 6.26. The van der Waals surface area contributed by atoms with Crippen LogP contribution >= 0.6 is 0 Å². The summed E-state index contributed by atoms with van der Waals surface area (Å²) in [6.07, 6.45) is 1.55. The van der Waals surface area contributed by atoms with Crippen LogP contribution in [0.25, 0.3) is 0 Å². The summed E-state index contributed by atoms with van der Waals surface area (Å²) in [5, 5.41) is 24.6. The third kappa shape index (κ3) is 5.41. The summed E-state index contributed by atoms with van der Waals surface area (Å²) in [7, 11) is 0. The minimum atomic E-state index is -0.375. The Labute approximate surface area is 147 Å². The molecule has 1 aromatic rings. The summed E-state index contributed by atoms with van der Waals surface area (Å²) < 4.78 is 19.4. The summed E-state index contributed by atoms with van der Waals surface area (Å²) in [5.41, 5.74) is 0.691. The highest BCUT2D eigenvalue weighted by atomic mass is 19.1. The Balaban J connectivity index is 2.04. The van der Waals surface area contributed by atoms with E-state index in [4.69, 9.17) is 10.00 Å². The number of aliphatic hydroxyl groups excluding tert-OH is 1. The normalized spacial score (nSPS) is 20.3. The van der Waals surface area contributed by atoms with Gasteiger partial charge in [0, 0.05) is 37.3 Å². The zero-order chi connectivity index (χ0) is 18.1. The standard InChI is InChI=1S/C18H25FN4O2/c1-2-21-17(23-12-18(5-7-24)6-8-25-13-18)22-11-15-9-14(10-20)3-4-16(15)19/h3-4,9,24H,2,5-8,11-13H2,1H3,(H2,21,22,23). The van der Waals surface area contributed by atoms with Gasteiger partial charge < -0.3 is 20.5 Å². The fraction of sp³-hybridized carbons (Fsp3) is 0.556. The number of aliphatic imine (C=N–C) groups is 1. The van der Waals surface area contributed by atoms with Gasteiger partial charge in [0.15, 0.2) is 5.96 Å². The van der Waals surface area contributed by atoms with E-state index >= 15 is 0 Å². The number of nitrogens with zero attached hydrogens (tertiary/aromatic N) is 2. The predicted octanol–water partition coefficient (Wildman–Crippen LogP) is 1.54. The lowest BCUT2D eigenvalue weighted by molar-refractivity contribution is 0.127. The van der Waals surface area contributed by atoms with Crippen LogP contribution in [-0.4, -0.2) is 44.0 Å². The summed E-state index contributed by atoms with van der Waals surface area (Å²) in [4.78, 5) is 4.41. The maximum Gasteiger partial charge on any atom is 0.191 e. The lowest BCUT2D eigenvalue weighted by Crippen LogP contribution is -2.44. The second-order valence-electron chi connectivity index (χ2n) is 6.24. The molecule has 25 heavy (non-hydrogen) atoms. The van der Waals surface area contributed by atoms with Crippen LogP contribution in [0.4, 0.5) is 4.39 Å². The molecule has 1 aliphatic heterocycles. The molecule has 0 spiro atoms. The molecule has 0 amide bonds. The van der Waals surface area contributed by atoms with E-state index in [1.807, 2.05) is 13.0 Å². The van der Waals surface area contributed by atoms with Gasteiger partial charge in [-0.05, 0) is 38.0 Å². The molecule has 136 valence electrons. The van der Waals surface area contributed by atoms with Crippen molar-refractivity contribution in [2.24, 2.45) is 10.4 Å². The summed E-state index contributed by atoms with van der Waals surface area (Å²) in [6.45, 7) is 4.82.